The molecule has 26 heavy (non-hydrogen) atoms. The molecule has 1 aliphatic rings. The summed E-state index contributed by atoms with van der Waals surface area (Å²) in [5.74, 6) is 1.26. The van der Waals surface area contributed by atoms with E-state index in [2.05, 4.69) is 19.8 Å². The lowest BCUT2D eigenvalue weighted by Crippen LogP contribution is -2.25. The molecule has 0 amide bonds. The Hall–Kier alpha value is -2.35. The van der Waals surface area contributed by atoms with Gasteiger partial charge in [0.05, 0.1) is 7.11 Å². The van der Waals surface area contributed by atoms with Crippen LogP contribution in [0.5, 0.6) is 5.75 Å². The van der Waals surface area contributed by atoms with Crippen LogP contribution in [0, 0.1) is 6.92 Å². The molecule has 140 valence electrons. The number of aromatic nitrogens is 2. The predicted octanol–water partition coefficient (Wildman–Crippen LogP) is 2.97. The predicted molar refractivity (Wildman–Crippen MR) is 101 cm³/mol. The van der Waals surface area contributed by atoms with Gasteiger partial charge < -0.3 is 9.64 Å². The van der Waals surface area contributed by atoms with Crippen LogP contribution in [0.2, 0.25) is 0 Å². The van der Waals surface area contributed by atoms with Crippen LogP contribution < -0.4 is 14.4 Å². The van der Waals surface area contributed by atoms with Crippen molar-refractivity contribution in [3.8, 4) is 5.75 Å². The molecule has 2 aromatic rings. The third-order valence-electron chi connectivity index (χ3n) is 4.43. The van der Waals surface area contributed by atoms with Crippen molar-refractivity contribution in [2.45, 2.75) is 37.5 Å². The van der Waals surface area contributed by atoms with Crippen molar-refractivity contribution < 1.29 is 13.2 Å². The normalized spacial score (nSPS) is 15.4. The first-order valence-electron chi connectivity index (χ1n) is 8.76. The van der Waals surface area contributed by atoms with Crippen LogP contribution in [-0.2, 0) is 10.0 Å². The number of ether oxygens (including phenoxy) is 1. The van der Waals surface area contributed by atoms with Gasteiger partial charge >= 0.3 is 0 Å². The van der Waals surface area contributed by atoms with E-state index in [1.807, 2.05) is 13.0 Å². The highest BCUT2D eigenvalue weighted by molar-refractivity contribution is 7.92. The van der Waals surface area contributed by atoms with E-state index in [-0.39, 0.29) is 16.5 Å². The second-order valence-corrected chi connectivity index (χ2v) is 8.09. The molecule has 1 fully saturated rings. The number of anilines is 2. The van der Waals surface area contributed by atoms with Gasteiger partial charge in [-0.25, -0.2) is 8.42 Å². The summed E-state index contributed by atoms with van der Waals surface area (Å²) in [5.41, 5.74) is 0.828. The minimum Gasteiger partial charge on any atom is -0.495 e. The van der Waals surface area contributed by atoms with Crippen molar-refractivity contribution in [2.75, 3.05) is 29.8 Å². The van der Waals surface area contributed by atoms with Gasteiger partial charge in [-0.15, -0.1) is 10.2 Å². The maximum atomic E-state index is 12.7. The van der Waals surface area contributed by atoms with E-state index in [0.717, 1.165) is 37.3 Å². The molecule has 0 aliphatic carbocycles. The summed E-state index contributed by atoms with van der Waals surface area (Å²) in [7, 11) is -2.37. The summed E-state index contributed by atoms with van der Waals surface area (Å²) in [6.45, 7) is 3.74. The van der Waals surface area contributed by atoms with Crippen molar-refractivity contribution in [1.82, 2.24) is 10.2 Å². The topological polar surface area (TPSA) is 84.4 Å². The van der Waals surface area contributed by atoms with Crippen LogP contribution in [0.1, 0.15) is 31.2 Å². The van der Waals surface area contributed by atoms with Crippen LogP contribution in [0.4, 0.5) is 11.6 Å². The number of nitrogens with one attached hydrogen (secondary N) is 1. The first kappa shape index (κ1) is 18.4. The van der Waals surface area contributed by atoms with Crippen LogP contribution in [0.15, 0.2) is 35.2 Å². The molecule has 1 aromatic carbocycles. The van der Waals surface area contributed by atoms with Crippen LogP contribution >= 0.6 is 0 Å². The van der Waals surface area contributed by atoms with Gasteiger partial charge in [-0.1, -0.05) is 18.9 Å². The molecule has 0 radical (unpaired) electrons. The highest BCUT2D eigenvalue weighted by Crippen LogP contribution is 2.26. The summed E-state index contributed by atoms with van der Waals surface area (Å²) in [6.07, 6.45) is 4.76. The number of rotatable bonds is 5. The summed E-state index contributed by atoms with van der Waals surface area (Å²) in [5, 5.41) is 8.25. The average molecular weight is 376 g/mol. The van der Waals surface area contributed by atoms with Gasteiger partial charge in [-0.2, -0.15) is 0 Å². The van der Waals surface area contributed by atoms with E-state index < -0.39 is 10.0 Å². The van der Waals surface area contributed by atoms with Gasteiger partial charge in [0.1, 0.15) is 10.6 Å². The SMILES string of the molecule is COc1ccc(C)cc1S(=O)(=O)Nc1ccc(N2CCCCCC2)nn1. The molecule has 7 nitrogen and oxygen atoms in total. The van der Waals surface area contributed by atoms with Gasteiger partial charge in [0.15, 0.2) is 11.6 Å². The van der Waals surface area contributed by atoms with Crippen LogP contribution in [-0.4, -0.2) is 38.8 Å². The molecule has 8 heteroatoms. The van der Waals surface area contributed by atoms with E-state index >= 15 is 0 Å². The smallest absolute Gasteiger partial charge is 0.266 e. The number of methoxy groups -OCH3 is 1. The third kappa shape index (κ3) is 4.24. The van der Waals surface area contributed by atoms with E-state index in [9.17, 15) is 8.42 Å². The number of benzene rings is 1. The molecule has 1 aliphatic heterocycles. The highest BCUT2D eigenvalue weighted by Gasteiger charge is 2.21. The third-order valence-corrected chi connectivity index (χ3v) is 5.80. The zero-order valence-electron chi connectivity index (χ0n) is 15.1. The molecule has 3 rings (SSSR count). The van der Waals surface area contributed by atoms with Gasteiger partial charge in [0.25, 0.3) is 10.0 Å². The van der Waals surface area contributed by atoms with Crippen molar-refractivity contribution >= 4 is 21.7 Å². The van der Waals surface area contributed by atoms with E-state index in [0.29, 0.717) is 0 Å². The molecule has 0 bridgehead atoms. The fourth-order valence-corrected chi connectivity index (χ4v) is 4.29. The van der Waals surface area contributed by atoms with Gasteiger partial charge in [0.2, 0.25) is 0 Å². The number of nitrogens with zero attached hydrogens (tertiary/aromatic N) is 3. The molecule has 2 heterocycles. The Labute approximate surface area is 154 Å². The molecular formula is C18H24N4O3S. The monoisotopic (exact) mass is 376 g/mol. The zero-order chi connectivity index (χ0) is 18.6. The van der Waals surface area contributed by atoms with Crippen molar-refractivity contribution in [3.05, 3.63) is 35.9 Å². The van der Waals surface area contributed by atoms with Crippen molar-refractivity contribution in [3.63, 3.8) is 0 Å². The first-order chi connectivity index (χ1) is 12.5. The molecular weight excluding hydrogens is 352 g/mol. The summed E-state index contributed by atoms with van der Waals surface area (Å²) in [6, 6.07) is 8.46. The Kier molecular flexibility index (Phi) is 5.61. The minimum absolute atomic E-state index is 0.0818. The number of sulfonamides is 1. The number of hydrogen-bond donors (Lipinski definition) is 1. The molecule has 1 saturated heterocycles. The van der Waals surface area contributed by atoms with E-state index in [1.165, 1.54) is 20.0 Å². The van der Waals surface area contributed by atoms with Gasteiger partial charge in [-0.3, -0.25) is 4.72 Å². The molecule has 1 N–H and O–H groups in total. The Bertz CT molecular complexity index is 845. The van der Waals surface area contributed by atoms with Gasteiger partial charge in [-0.05, 0) is 49.6 Å². The van der Waals surface area contributed by atoms with Gasteiger partial charge in [0, 0.05) is 13.1 Å². The largest absolute Gasteiger partial charge is 0.495 e. The lowest BCUT2D eigenvalue weighted by Gasteiger charge is -2.20. The van der Waals surface area contributed by atoms with E-state index in [4.69, 9.17) is 4.74 Å². The fourth-order valence-electron chi connectivity index (χ4n) is 3.03. The summed E-state index contributed by atoms with van der Waals surface area (Å²) >= 11 is 0. The molecule has 0 atom stereocenters. The van der Waals surface area contributed by atoms with E-state index in [1.54, 1.807) is 24.3 Å². The molecule has 1 aromatic heterocycles. The Morgan fingerprint density at radius 3 is 2.38 bits per heavy atom. The molecule has 0 spiro atoms. The number of hydrogen-bond acceptors (Lipinski definition) is 6. The zero-order valence-corrected chi connectivity index (χ0v) is 15.9. The first-order valence-corrected chi connectivity index (χ1v) is 10.2. The molecule has 0 saturated carbocycles. The standard InChI is InChI=1S/C18H24N4O3S/c1-14-7-8-15(25-2)16(13-14)26(23,24)21-17-9-10-18(20-19-17)22-11-5-3-4-6-12-22/h7-10,13H,3-6,11-12H2,1-2H3,(H,19,21). The second-order valence-electron chi connectivity index (χ2n) is 6.44. The Morgan fingerprint density at radius 1 is 1.04 bits per heavy atom. The lowest BCUT2D eigenvalue weighted by molar-refractivity contribution is 0.402. The number of aryl methyl sites for hydroxylation is 1. The average Bonchev–Trinajstić information content (AvgIpc) is 2.91. The maximum Gasteiger partial charge on any atom is 0.266 e. The maximum absolute atomic E-state index is 12.7. The summed E-state index contributed by atoms with van der Waals surface area (Å²) < 4.78 is 33.0. The second kappa shape index (κ2) is 7.90. The van der Waals surface area contributed by atoms with Crippen LogP contribution in [0.3, 0.4) is 0 Å². The Balaban J connectivity index is 1.79. The fraction of sp³-hybridized carbons (Fsp3) is 0.444. The van der Waals surface area contributed by atoms with Crippen molar-refractivity contribution in [2.24, 2.45) is 0 Å². The van der Waals surface area contributed by atoms with Crippen LogP contribution in [0.25, 0.3) is 0 Å². The quantitative estimate of drug-likeness (QED) is 0.864. The molecule has 0 unspecified atom stereocenters. The Morgan fingerprint density at radius 2 is 1.77 bits per heavy atom. The summed E-state index contributed by atoms with van der Waals surface area (Å²) in [4.78, 5) is 2.28. The minimum atomic E-state index is -3.81. The van der Waals surface area contributed by atoms with Crippen molar-refractivity contribution in [1.29, 1.82) is 0 Å². The highest BCUT2D eigenvalue weighted by atomic mass is 32.2. The lowest BCUT2D eigenvalue weighted by atomic mass is 10.2.